The van der Waals surface area contributed by atoms with E-state index in [9.17, 15) is 4.79 Å². The Morgan fingerprint density at radius 1 is 0.565 bits per heavy atom. The first-order valence-electron chi connectivity index (χ1n) is 7.58. The number of nitrogens with zero attached hydrogens (tertiary/aromatic N) is 1. The number of benzene rings is 4. The van der Waals surface area contributed by atoms with E-state index in [2.05, 4.69) is 24.3 Å². The van der Waals surface area contributed by atoms with E-state index in [-0.39, 0.29) is 0 Å². The van der Waals surface area contributed by atoms with Crippen LogP contribution >= 0.6 is 0 Å². The van der Waals surface area contributed by atoms with Crippen molar-refractivity contribution in [1.29, 1.82) is 0 Å². The Morgan fingerprint density at radius 2 is 1.00 bits per heavy atom. The van der Waals surface area contributed by atoms with Crippen molar-refractivity contribution in [1.82, 2.24) is 0 Å². The minimum absolute atomic E-state index is 0.892. The van der Waals surface area contributed by atoms with Crippen LogP contribution in [0, 0.1) is 0 Å². The summed E-state index contributed by atoms with van der Waals surface area (Å²) in [5.74, 6) is 0. The molecule has 0 bridgehead atoms. The van der Waals surface area contributed by atoms with Gasteiger partial charge in [0.15, 0.2) is 0 Å². The van der Waals surface area contributed by atoms with Crippen LogP contribution in [-0.2, 0) is 4.79 Å². The molecule has 0 atom stereocenters. The number of hydrogen-bond donors (Lipinski definition) is 0. The van der Waals surface area contributed by atoms with Gasteiger partial charge in [-0.05, 0) is 22.9 Å². The summed E-state index contributed by atoms with van der Waals surface area (Å²) in [6.07, 6.45) is 0.892. The SMILES string of the molecule is O=CN(c1cccc2ccccc12)c1cccc2ccccc12. The Balaban J connectivity index is 1.99. The number of carbonyl (C=O) groups is 1. The molecule has 2 heteroatoms. The molecule has 4 aromatic rings. The first-order chi connectivity index (χ1) is 11.4. The highest BCUT2D eigenvalue weighted by atomic mass is 16.1. The third-order valence-electron chi connectivity index (χ3n) is 4.16. The van der Waals surface area contributed by atoms with Crippen LogP contribution in [0.1, 0.15) is 0 Å². The molecule has 0 N–H and O–H groups in total. The lowest BCUT2D eigenvalue weighted by Gasteiger charge is -2.21. The minimum atomic E-state index is 0.892. The lowest BCUT2D eigenvalue weighted by Crippen LogP contribution is -2.14. The van der Waals surface area contributed by atoms with E-state index < -0.39 is 0 Å². The molecule has 0 aliphatic rings. The third kappa shape index (κ3) is 2.25. The van der Waals surface area contributed by atoms with Gasteiger partial charge in [0.05, 0.1) is 11.4 Å². The summed E-state index contributed by atoms with van der Waals surface area (Å²) in [5.41, 5.74) is 1.80. The molecule has 4 aromatic carbocycles. The Labute approximate surface area is 134 Å². The second-order valence-corrected chi connectivity index (χ2v) is 5.47. The van der Waals surface area contributed by atoms with E-state index in [4.69, 9.17) is 0 Å². The molecular weight excluding hydrogens is 282 g/mol. The van der Waals surface area contributed by atoms with Crippen LogP contribution in [0.3, 0.4) is 0 Å². The van der Waals surface area contributed by atoms with Crippen LogP contribution in [0.25, 0.3) is 21.5 Å². The normalized spacial score (nSPS) is 10.8. The van der Waals surface area contributed by atoms with Crippen LogP contribution in [0.5, 0.6) is 0 Å². The van der Waals surface area contributed by atoms with Gasteiger partial charge in [0.2, 0.25) is 6.41 Å². The van der Waals surface area contributed by atoms with Gasteiger partial charge in [0.1, 0.15) is 0 Å². The van der Waals surface area contributed by atoms with Crippen molar-refractivity contribution >= 4 is 39.3 Å². The number of amides is 1. The summed E-state index contributed by atoms with van der Waals surface area (Å²) < 4.78 is 0. The quantitative estimate of drug-likeness (QED) is 0.471. The van der Waals surface area contributed by atoms with Crippen LogP contribution in [0.2, 0.25) is 0 Å². The maximum absolute atomic E-state index is 11.9. The zero-order valence-corrected chi connectivity index (χ0v) is 12.5. The Hall–Kier alpha value is -3.13. The largest absolute Gasteiger partial charge is 0.282 e. The van der Waals surface area contributed by atoms with E-state index >= 15 is 0 Å². The molecule has 0 heterocycles. The fraction of sp³-hybridized carbons (Fsp3) is 0. The van der Waals surface area contributed by atoms with Crippen LogP contribution in [-0.4, -0.2) is 6.41 Å². The standard InChI is InChI=1S/C21H15NO/c23-15-22(20-13-5-9-16-7-1-3-11-18(16)20)21-14-6-10-17-8-2-4-12-19(17)21/h1-15H. The molecule has 23 heavy (non-hydrogen) atoms. The minimum Gasteiger partial charge on any atom is -0.282 e. The van der Waals surface area contributed by atoms with E-state index in [0.29, 0.717) is 0 Å². The molecule has 1 amide bonds. The summed E-state index contributed by atoms with van der Waals surface area (Å²) in [4.78, 5) is 13.6. The molecule has 0 spiro atoms. The molecule has 0 aliphatic heterocycles. The molecular formula is C21H15NO. The van der Waals surface area contributed by atoms with Gasteiger partial charge < -0.3 is 0 Å². The van der Waals surface area contributed by atoms with Gasteiger partial charge in [-0.1, -0.05) is 72.8 Å². The third-order valence-corrected chi connectivity index (χ3v) is 4.16. The van der Waals surface area contributed by atoms with Gasteiger partial charge in [-0.15, -0.1) is 0 Å². The zero-order valence-electron chi connectivity index (χ0n) is 12.5. The monoisotopic (exact) mass is 297 g/mol. The highest BCUT2D eigenvalue weighted by molar-refractivity contribution is 6.07. The van der Waals surface area contributed by atoms with Crippen molar-refractivity contribution in [3.63, 3.8) is 0 Å². The molecule has 0 saturated heterocycles. The predicted molar refractivity (Wildman–Crippen MR) is 96.1 cm³/mol. The maximum Gasteiger partial charge on any atom is 0.218 e. The van der Waals surface area contributed by atoms with E-state index in [0.717, 1.165) is 39.3 Å². The second kappa shape index (κ2) is 5.58. The zero-order chi connectivity index (χ0) is 15.6. The maximum atomic E-state index is 11.9. The molecule has 0 radical (unpaired) electrons. The number of anilines is 2. The summed E-state index contributed by atoms with van der Waals surface area (Å²) >= 11 is 0. The molecule has 0 fully saturated rings. The van der Waals surface area contributed by atoms with Gasteiger partial charge >= 0.3 is 0 Å². The molecule has 0 unspecified atom stereocenters. The fourth-order valence-corrected chi connectivity index (χ4v) is 3.08. The van der Waals surface area contributed by atoms with Gasteiger partial charge in [-0.3, -0.25) is 9.69 Å². The van der Waals surface area contributed by atoms with Crippen LogP contribution < -0.4 is 4.90 Å². The topological polar surface area (TPSA) is 20.3 Å². The predicted octanol–water partition coefficient (Wildman–Crippen LogP) is 5.29. The molecule has 0 aliphatic carbocycles. The van der Waals surface area contributed by atoms with Crippen LogP contribution in [0.4, 0.5) is 11.4 Å². The number of hydrogen-bond acceptors (Lipinski definition) is 1. The van der Waals surface area contributed by atoms with Crippen molar-refractivity contribution in [2.24, 2.45) is 0 Å². The number of carbonyl (C=O) groups excluding carboxylic acids is 1. The molecule has 4 rings (SSSR count). The van der Waals surface area contributed by atoms with Crippen molar-refractivity contribution in [2.75, 3.05) is 4.90 Å². The smallest absolute Gasteiger partial charge is 0.218 e. The Kier molecular flexibility index (Phi) is 3.28. The molecule has 0 aromatic heterocycles. The first-order valence-corrected chi connectivity index (χ1v) is 7.58. The van der Waals surface area contributed by atoms with Crippen LogP contribution in [0.15, 0.2) is 84.9 Å². The molecule has 110 valence electrons. The van der Waals surface area contributed by atoms with Gasteiger partial charge in [0.25, 0.3) is 0 Å². The Morgan fingerprint density at radius 3 is 1.48 bits per heavy atom. The van der Waals surface area contributed by atoms with Crippen molar-refractivity contribution in [2.45, 2.75) is 0 Å². The van der Waals surface area contributed by atoms with Gasteiger partial charge in [0, 0.05) is 10.8 Å². The van der Waals surface area contributed by atoms with Gasteiger partial charge in [-0.25, -0.2) is 0 Å². The average Bonchev–Trinajstić information content (AvgIpc) is 2.63. The van der Waals surface area contributed by atoms with Gasteiger partial charge in [-0.2, -0.15) is 0 Å². The summed E-state index contributed by atoms with van der Waals surface area (Å²) in [6.45, 7) is 0. The fourth-order valence-electron chi connectivity index (χ4n) is 3.08. The molecule has 0 saturated carbocycles. The molecule has 2 nitrogen and oxygen atoms in total. The summed E-state index contributed by atoms with van der Waals surface area (Å²) in [5, 5.41) is 4.37. The highest BCUT2D eigenvalue weighted by Crippen LogP contribution is 2.35. The van der Waals surface area contributed by atoms with Crippen molar-refractivity contribution in [3.8, 4) is 0 Å². The lowest BCUT2D eigenvalue weighted by molar-refractivity contribution is -0.106. The van der Waals surface area contributed by atoms with Crippen molar-refractivity contribution in [3.05, 3.63) is 84.9 Å². The first kappa shape index (κ1) is 13.5. The summed E-state index contributed by atoms with van der Waals surface area (Å²) in [6, 6.07) is 28.3. The average molecular weight is 297 g/mol. The Bertz CT molecular complexity index is 917. The lowest BCUT2D eigenvalue weighted by atomic mass is 10.1. The van der Waals surface area contributed by atoms with E-state index in [1.807, 2.05) is 60.7 Å². The number of rotatable bonds is 3. The van der Waals surface area contributed by atoms with E-state index in [1.165, 1.54) is 0 Å². The van der Waals surface area contributed by atoms with E-state index in [1.54, 1.807) is 4.90 Å². The highest BCUT2D eigenvalue weighted by Gasteiger charge is 2.13. The van der Waals surface area contributed by atoms with Crippen molar-refractivity contribution < 1.29 is 4.79 Å². The number of fused-ring (bicyclic) bond motifs is 2. The second-order valence-electron chi connectivity index (χ2n) is 5.47. The summed E-state index contributed by atoms with van der Waals surface area (Å²) in [7, 11) is 0.